The van der Waals surface area contributed by atoms with Crippen molar-refractivity contribution in [1.29, 1.82) is 5.26 Å². The molecule has 0 N–H and O–H groups in total. The Kier molecular flexibility index (Phi) is 3.52. The molecule has 1 aromatic rings. The average molecular weight is 173 g/mol. The lowest BCUT2D eigenvalue weighted by Crippen LogP contribution is -1.99. The first-order valence-electron chi connectivity index (χ1n) is 4.71. The Morgan fingerprint density at radius 1 is 1.46 bits per heavy atom. The molecule has 0 amide bonds. The first-order chi connectivity index (χ1) is 6.26. The molecule has 0 spiro atoms. The summed E-state index contributed by atoms with van der Waals surface area (Å²) in [6.45, 7) is 4.14. The highest BCUT2D eigenvalue weighted by atomic mass is 14.3. The van der Waals surface area contributed by atoms with E-state index in [-0.39, 0.29) is 5.92 Å². The lowest BCUT2D eigenvalue weighted by atomic mass is 9.97. The third-order valence-electron chi connectivity index (χ3n) is 2.24. The van der Waals surface area contributed by atoms with Crippen LogP contribution >= 0.6 is 0 Å². The molecule has 0 aliphatic rings. The van der Waals surface area contributed by atoms with Crippen LogP contribution in [0.3, 0.4) is 0 Å². The largest absolute Gasteiger partial charge is 0.198 e. The highest BCUT2D eigenvalue weighted by molar-refractivity contribution is 5.23. The first kappa shape index (κ1) is 9.80. The fourth-order valence-corrected chi connectivity index (χ4v) is 1.40. The van der Waals surface area contributed by atoms with E-state index in [2.05, 4.69) is 44.2 Å². The van der Waals surface area contributed by atoms with Crippen LogP contribution in [-0.4, -0.2) is 0 Å². The average Bonchev–Trinajstić information content (AvgIpc) is 2.14. The van der Waals surface area contributed by atoms with E-state index >= 15 is 0 Å². The number of aryl methyl sites for hydroxylation is 1. The summed E-state index contributed by atoms with van der Waals surface area (Å²) in [5.41, 5.74) is 2.54. The minimum atomic E-state index is 0.168. The van der Waals surface area contributed by atoms with Crippen LogP contribution in [0.15, 0.2) is 24.3 Å². The van der Waals surface area contributed by atoms with Gasteiger partial charge >= 0.3 is 0 Å². The third kappa shape index (κ3) is 2.91. The summed E-state index contributed by atoms with van der Waals surface area (Å²) in [7, 11) is 0. The molecular weight excluding hydrogens is 158 g/mol. The molecule has 0 saturated heterocycles. The molecule has 0 aromatic heterocycles. The van der Waals surface area contributed by atoms with Crippen molar-refractivity contribution in [3.8, 4) is 6.07 Å². The van der Waals surface area contributed by atoms with Gasteiger partial charge in [-0.25, -0.2) is 0 Å². The fourth-order valence-electron chi connectivity index (χ4n) is 1.40. The highest BCUT2D eigenvalue weighted by Crippen LogP contribution is 2.12. The summed E-state index contributed by atoms with van der Waals surface area (Å²) < 4.78 is 0. The van der Waals surface area contributed by atoms with E-state index in [4.69, 9.17) is 5.26 Å². The quantitative estimate of drug-likeness (QED) is 0.689. The van der Waals surface area contributed by atoms with Crippen molar-refractivity contribution in [3.05, 3.63) is 35.4 Å². The zero-order valence-corrected chi connectivity index (χ0v) is 8.25. The van der Waals surface area contributed by atoms with Crippen LogP contribution in [0.5, 0.6) is 0 Å². The van der Waals surface area contributed by atoms with E-state index in [1.807, 2.05) is 0 Å². The van der Waals surface area contributed by atoms with Crippen LogP contribution in [0.1, 0.15) is 24.5 Å². The van der Waals surface area contributed by atoms with Crippen LogP contribution in [0.2, 0.25) is 0 Å². The van der Waals surface area contributed by atoms with Crippen molar-refractivity contribution in [2.45, 2.75) is 26.7 Å². The predicted octanol–water partition coefficient (Wildman–Crippen LogP) is 3.09. The number of nitrogens with zero attached hydrogens (tertiary/aromatic N) is 1. The molecule has 0 bridgehead atoms. The molecule has 1 aromatic carbocycles. The molecule has 1 heteroatoms. The normalized spacial score (nSPS) is 12.1. The molecule has 0 aliphatic heterocycles. The fraction of sp³-hybridized carbons (Fsp3) is 0.417. The lowest BCUT2D eigenvalue weighted by Gasteiger charge is -2.06. The zero-order chi connectivity index (χ0) is 9.68. The van der Waals surface area contributed by atoms with Crippen molar-refractivity contribution < 1.29 is 0 Å². The van der Waals surface area contributed by atoms with Gasteiger partial charge in [0.15, 0.2) is 0 Å². The van der Waals surface area contributed by atoms with E-state index < -0.39 is 0 Å². The summed E-state index contributed by atoms with van der Waals surface area (Å²) >= 11 is 0. The zero-order valence-electron chi connectivity index (χ0n) is 8.25. The van der Waals surface area contributed by atoms with Crippen LogP contribution in [0, 0.1) is 24.2 Å². The standard InChI is InChI=1S/C12H15N/c1-3-11(9-13)8-12-6-4-5-10(2)7-12/h4-7,11H,3,8H2,1-2H3. The van der Waals surface area contributed by atoms with Gasteiger partial charge in [-0.2, -0.15) is 5.26 Å². The number of hydrogen-bond acceptors (Lipinski definition) is 1. The minimum absolute atomic E-state index is 0.168. The summed E-state index contributed by atoms with van der Waals surface area (Å²) in [5, 5.41) is 8.81. The van der Waals surface area contributed by atoms with Gasteiger partial charge in [-0.1, -0.05) is 36.8 Å². The van der Waals surface area contributed by atoms with Crippen LogP contribution in [-0.2, 0) is 6.42 Å². The van der Waals surface area contributed by atoms with E-state index in [9.17, 15) is 0 Å². The maximum atomic E-state index is 8.81. The number of benzene rings is 1. The Morgan fingerprint density at radius 2 is 2.23 bits per heavy atom. The summed E-state index contributed by atoms with van der Waals surface area (Å²) in [6.07, 6.45) is 1.82. The van der Waals surface area contributed by atoms with Gasteiger partial charge in [0.05, 0.1) is 12.0 Å². The van der Waals surface area contributed by atoms with Gasteiger partial charge in [0.25, 0.3) is 0 Å². The van der Waals surface area contributed by atoms with Crippen molar-refractivity contribution in [3.63, 3.8) is 0 Å². The van der Waals surface area contributed by atoms with Gasteiger partial charge in [0.1, 0.15) is 0 Å². The Morgan fingerprint density at radius 3 is 2.77 bits per heavy atom. The van der Waals surface area contributed by atoms with Gasteiger partial charge < -0.3 is 0 Å². The lowest BCUT2D eigenvalue weighted by molar-refractivity contribution is 0.638. The summed E-state index contributed by atoms with van der Waals surface area (Å²) in [5.74, 6) is 0.168. The maximum absolute atomic E-state index is 8.81. The van der Waals surface area contributed by atoms with Crippen LogP contribution in [0.4, 0.5) is 0 Å². The molecule has 0 fully saturated rings. The number of rotatable bonds is 3. The molecule has 0 saturated carbocycles. The van der Waals surface area contributed by atoms with E-state index in [0.717, 1.165) is 12.8 Å². The second-order valence-corrected chi connectivity index (χ2v) is 3.43. The Balaban J connectivity index is 2.69. The molecule has 13 heavy (non-hydrogen) atoms. The molecule has 1 unspecified atom stereocenters. The van der Waals surface area contributed by atoms with Crippen LogP contribution in [0.25, 0.3) is 0 Å². The van der Waals surface area contributed by atoms with Gasteiger partial charge in [-0.15, -0.1) is 0 Å². The monoisotopic (exact) mass is 173 g/mol. The Labute approximate surface area is 80.0 Å². The van der Waals surface area contributed by atoms with Gasteiger partial charge in [-0.05, 0) is 25.3 Å². The Hall–Kier alpha value is -1.29. The Bertz CT molecular complexity index is 309. The van der Waals surface area contributed by atoms with Gasteiger partial charge in [0, 0.05) is 0 Å². The van der Waals surface area contributed by atoms with Crippen molar-refractivity contribution in [2.24, 2.45) is 5.92 Å². The number of hydrogen-bond donors (Lipinski definition) is 0. The summed E-state index contributed by atoms with van der Waals surface area (Å²) in [4.78, 5) is 0. The SMILES string of the molecule is CCC(C#N)Cc1cccc(C)c1. The second kappa shape index (κ2) is 4.67. The van der Waals surface area contributed by atoms with Gasteiger partial charge in [0.2, 0.25) is 0 Å². The minimum Gasteiger partial charge on any atom is -0.198 e. The van der Waals surface area contributed by atoms with Crippen LogP contribution < -0.4 is 0 Å². The van der Waals surface area contributed by atoms with E-state index in [0.29, 0.717) is 0 Å². The first-order valence-corrected chi connectivity index (χ1v) is 4.71. The number of nitriles is 1. The third-order valence-corrected chi connectivity index (χ3v) is 2.24. The molecule has 0 heterocycles. The molecule has 1 rings (SSSR count). The van der Waals surface area contributed by atoms with E-state index in [1.54, 1.807) is 0 Å². The molecule has 0 radical (unpaired) electrons. The van der Waals surface area contributed by atoms with Crippen molar-refractivity contribution in [1.82, 2.24) is 0 Å². The second-order valence-electron chi connectivity index (χ2n) is 3.43. The maximum Gasteiger partial charge on any atom is 0.0659 e. The smallest absolute Gasteiger partial charge is 0.0659 e. The van der Waals surface area contributed by atoms with E-state index in [1.165, 1.54) is 11.1 Å². The van der Waals surface area contributed by atoms with Gasteiger partial charge in [-0.3, -0.25) is 0 Å². The topological polar surface area (TPSA) is 23.8 Å². The van der Waals surface area contributed by atoms with Crippen molar-refractivity contribution >= 4 is 0 Å². The predicted molar refractivity (Wildman–Crippen MR) is 54.3 cm³/mol. The molecular formula is C12H15N. The summed E-state index contributed by atoms with van der Waals surface area (Å²) in [6, 6.07) is 10.7. The molecule has 1 nitrogen and oxygen atoms in total. The van der Waals surface area contributed by atoms with Crippen molar-refractivity contribution in [2.75, 3.05) is 0 Å². The molecule has 1 atom stereocenters. The molecule has 0 aliphatic carbocycles. The molecule has 68 valence electrons. The highest BCUT2D eigenvalue weighted by Gasteiger charge is 2.04.